The fourth-order valence-corrected chi connectivity index (χ4v) is 3.81. The SMILES string of the molecule is CCNCc1ccc(S(=O)(=O)NC(C)C)s1. The van der Waals surface area contributed by atoms with Crippen molar-refractivity contribution in [2.24, 2.45) is 0 Å². The van der Waals surface area contributed by atoms with E-state index < -0.39 is 10.0 Å². The maximum absolute atomic E-state index is 11.8. The van der Waals surface area contributed by atoms with Crippen molar-refractivity contribution in [3.05, 3.63) is 17.0 Å². The first-order chi connectivity index (χ1) is 7.45. The molecule has 1 aromatic heterocycles. The standard InChI is InChI=1S/C10H18N2O2S2/c1-4-11-7-9-5-6-10(15-9)16(13,14)12-8(2)3/h5-6,8,11-12H,4,7H2,1-3H3. The zero-order valence-electron chi connectivity index (χ0n) is 9.78. The second-order valence-corrected chi connectivity index (χ2v) is 6.89. The molecule has 0 aromatic carbocycles. The second kappa shape index (κ2) is 5.77. The highest BCUT2D eigenvalue weighted by molar-refractivity contribution is 7.91. The van der Waals surface area contributed by atoms with E-state index in [1.165, 1.54) is 11.3 Å². The molecule has 1 heterocycles. The molecule has 1 aromatic rings. The fourth-order valence-electron chi connectivity index (χ4n) is 1.21. The first-order valence-corrected chi connectivity index (χ1v) is 7.57. The third kappa shape index (κ3) is 3.86. The van der Waals surface area contributed by atoms with Crippen molar-refractivity contribution in [3.63, 3.8) is 0 Å². The van der Waals surface area contributed by atoms with E-state index in [1.807, 2.05) is 26.8 Å². The molecule has 0 bridgehead atoms. The minimum Gasteiger partial charge on any atom is -0.312 e. The highest BCUT2D eigenvalue weighted by Crippen LogP contribution is 2.21. The summed E-state index contributed by atoms with van der Waals surface area (Å²) >= 11 is 1.31. The average molecular weight is 262 g/mol. The van der Waals surface area contributed by atoms with Gasteiger partial charge in [-0.2, -0.15) is 0 Å². The van der Waals surface area contributed by atoms with Crippen LogP contribution >= 0.6 is 11.3 Å². The summed E-state index contributed by atoms with van der Waals surface area (Å²) in [4.78, 5) is 1.03. The van der Waals surface area contributed by atoms with Crippen molar-refractivity contribution in [1.29, 1.82) is 0 Å². The Hall–Kier alpha value is -0.430. The lowest BCUT2D eigenvalue weighted by atomic mass is 10.4. The third-order valence-corrected chi connectivity index (χ3v) is 5.08. The molecule has 0 aliphatic heterocycles. The van der Waals surface area contributed by atoms with Crippen molar-refractivity contribution in [2.45, 2.75) is 37.6 Å². The molecule has 0 radical (unpaired) electrons. The predicted octanol–water partition coefficient (Wildman–Crippen LogP) is 1.54. The summed E-state index contributed by atoms with van der Waals surface area (Å²) in [6.07, 6.45) is 0. The van der Waals surface area contributed by atoms with Crippen LogP contribution < -0.4 is 10.0 Å². The van der Waals surface area contributed by atoms with Crippen molar-refractivity contribution in [2.75, 3.05) is 6.54 Å². The number of nitrogens with one attached hydrogen (secondary N) is 2. The van der Waals surface area contributed by atoms with Gasteiger partial charge in [0.2, 0.25) is 10.0 Å². The van der Waals surface area contributed by atoms with Gasteiger partial charge in [-0.15, -0.1) is 11.3 Å². The molecule has 0 unspecified atom stereocenters. The molecule has 0 aliphatic carbocycles. The molecule has 0 saturated heterocycles. The molecule has 2 N–H and O–H groups in total. The summed E-state index contributed by atoms with van der Waals surface area (Å²) < 4.78 is 26.6. The number of hydrogen-bond acceptors (Lipinski definition) is 4. The molecule has 0 amide bonds. The molecular formula is C10H18N2O2S2. The molecule has 16 heavy (non-hydrogen) atoms. The Morgan fingerprint density at radius 2 is 2.06 bits per heavy atom. The summed E-state index contributed by atoms with van der Waals surface area (Å²) in [6.45, 7) is 7.24. The van der Waals surface area contributed by atoms with Crippen LogP contribution in [0.15, 0.2) is 16.3 Å². The number of rotatable bonds is 6. The van der Waals surface area contributed by atoms with Gasteiger partial charge in [0.1, 0.15) is 4.21 Å². The van der Waals surface area contributed by atoms with Gasteiger partial charge in [-0.1, -0.05) is 6.92 Å². The van der Waals surface area contributed by atoms with E-state index in [-0.39, 0.29) is 6.04 Å². The summed E-state index contributed by atoms with van der Waals surface area (Å²) in [5, 5.41) is 3.17. The molecule has 0 fully saturated rings. The number of sulfonamides is 1. The smallest absolute Gasteiger partial charge is 0.250 e. The largest absolute Gasteiger partial charge is 0.312 e. The molecule has 4 nitrogen and oxygen atoms in total. The van der Waals surface area contributed by atoms with Gasteiger partial charge >= 0.3 is 0 Å². The molecule has 1 rings (SSSR count). The Morgan fingerprint density at radius 3 is 2.62 bits per heavy atom. The Kier molecular flexibility index (Phi) is 4.91. The Bertz CT molecular complexity index is 424. The Labute approximate surface area is 101 Å². The average Bonchev–Trinajstić information content (AvgIpc) is 2.61. The van der Waals surface area contributed by atoms with Gasteiger partial charge in [0.05, 0.1) is 0 Å². The summed E-state index contributed by atoms with van der Waals surface area (Å²) in [5.74, 6) is 0. The van der Waals surface area contributed by atoms with Gasteiger partial charge in [0, 0.05) is 17.5 Å². The van der Waals surface area contributed by atoms with Crippen LogP contribution in [0.4, 0.5) is 0 Å². The van der Waals surface area contributed by atoms with Crippen LogP contribution in [0.2, 0.25) is 0 Å². The zero-order chi connectivity index (χ0) is 12.2. The molecule has 6 heteroatoms. The third-order valence-electron chi connectivity index (χ3n) is 1.84. The summed E-state index contributed by atoms with van der Waals surface area (Å²) in [6, 6.07) is 3.42. The Balaban J connectivity index is 2.77. The van der Waals surface area contributed by atoms with Crippen LogP contribution in [0.25, 0.3) is 0 Å². The van der Waals surface area contributed by atoms with Crippen molar-refractivity contribution in [3.8, 4) is 0 Å². The first-order valence-electron chi connectivity index (χ1n) is 5.27. The first kappa shape index (κ1) is 13.6. The lowest BCUT2D eigenvalue weighted by Crippen LogP contribution is -2.29. The molecule has 92 valence electrons. The highest BCUT2D eigenvalue weighted by Gasteiger charge is 2.17. The number of thiophene rings is 1. The molecule has 0 atom stereocenters. The van der Waals surface area contributed by atoms with Gasteiger partial charge in [-0.3, -0.25) is 0 Å². The van der Waals surface area contributed by atoms with Crippen LogP contribution in [0.3, 0.4) is 0 Å². The topological polar surface area (TPSA) is 58.2 Å². The van der Waals surface area contributed by atoms with Crippen LogP contribution in [0.5, 0.6) is 0 Å². The van der Waals surface area contributed by atoms with E-state index in [1.54, 1.807) is 6.07 Å². The van der Waals surface area contributed by atoms with Crippen molar-refractivity contribution < 1.29 is 8.42 Å². The van der Waals surface area contributed by atoms with Gasteiger partial charge in [0.25, 0.3) is 0 Å². The zero-order valence-corrected chi connectivity index (χ0v) is 11.4. The lowest BCUT2D eigenvalue weighted by Gasteiger charge is -2.06. The van der Waals surface area contributed by atoms with E-state index in [9.17, 15) is 8.42 Å². The lowest BCUT2D eigenvalue weighted by molar-refractivity contribution is 0.572. The van der Waals surface area contributed by atoms with Crippen LogP contribution in [0.1, 0.15) is 25.6 Å². The maximum atomic E-state index is 11.8. The van der Waals surface area contributed by atoms with Crippen LogP contribution in [0, 0.1) is 0 Å². The van der Waals surface area contributed by atoms with E-state index in [0.717, 1.165) is 18.0 Å². The normalized spacial score (nSPS) is 12.2. The minimum absolute atomic E-state index is 0.0793. The molecular weight excluding hydrogens is 244 g/mol. The summed E-state index contributed by atoms with van der Waals surface area (Å²) in [5.41, 5.74) is 0. The van der Waals surface area contributed by atoms with Crippen LogP contribution in [-0.4, -0.2) is 21.0 Å². The van der Waals surface area contributed by atoms with Crippen LogP contribution in [-0.2, 0) is 16.6 Å². The van der Waals surface area contributed by atoms with E-state index in [2.05, 4.69) is 10.0 Å². The van der Waals surface area contributed by atoms with E-state index in [4.69, 9.17) is 0 Å². The van der Waals surface area contributed by atoms with Gasteiger partial charge in [-0.05, 0) is 32.5 Å². The Morgan fingerprint density at radius 1 is 1.38 bits per heavy atom. The second-order valence-electron chi connectivity index (χ2n) is 3.78. The number of hydrogen-bond donors (Lipinski definition) is 2. The van der Waals surface area contributed by atoms with Gasteiger partial charge in [0.15, 0.2) is 0 Å². The highest BCUT2D eigenvalue weighted by atomic mass is 32.2. The van der Waals surface area contributed by atoms with Crippen molar-refractivity contribution >= 4 is 21.4 Å². The quantitative estimate of drug-likeness (QED) is 0.817. The van der Waals surface area contributed by atoms with Crippen molar-refractivity contribution in [1.82, 2.24) is 10.0 Å². The molecule has 0 saturated carbocycles. The summed E-state index contributed by atoms with van der Waals surface area (Å²) in [7, 11) is -3.32. The van der Waals surface area contributed by atoms with E-state index >= 15 is 0 Å². The van der Waals surface area contributed by atoms with E-state index in [0.29, 0.717) is 4.21 Å². The minimum atomic E-state index is -3.32. The molecule has 0 aliphatic rings. The van der Waals surface area contributed by atoms with Gasteiger partial charge in [-0.25, -0.2) is 13.1 Å². The predicted molar refractivity (Wildman–Crippen MR) is 67.2 cm³/mol. The molecule has 0 spiro atoms. The fraction of sp³-hybridized carbons (Fsp3) is 0.600. The maximum Gasteiger partial charge on any atom is 0.250 e. The monoisotopic (exact) mass is 262 g/mol. The van der Waals surface area contributed by atoms with Gasteiger partial charge < -0.3 is 5.32 Å².